The Morgan fingerprint density at radius 3 is 2.76 bits per heavy atom. The first-order valence-corrected chi connectivity index (χ1v) is 7.03. The summed E-state index contributed by atoms with van der Waals surface area (Å²) in [4.78, 5) is 11.7. The predicted molar refractivity (Wildman–Crippen MR) is 81.8 cm³/mol. The summed E-state index contributed by atoms with van der Waals surface area (Å²) in [6.07, 6.45) is 1.09. The summed E-state index contributed by atoms with van der Waals surface area (Å²) in [5.41, 5.74) is 0.536. The molecule has 1 aromatic heterocycles. The topological polar surface area (TPSA) is 74.5 Å². The molecule has 5 nitrogen and oxygen atoms in total. The molecule has 0 fully saturated rings. The summed E-state index contributed by atoms with van der Waals surface area (Å²) in [6, 6.07) is 7.79. The molecule has 2 rings (SSSR count). The molecule has 0 saturated carbocycles. The first-order valence-electron chi connectivity index (χ1n) is 6.27. The molecule has 0 aliphatic heterocycles. The van der Waals surface area contributed by atoms with Crippen LogP contribution >= 0.6 is 23.2 Å². The van der Waals surface area contributed by atoms with Crippen molar-refractivity contribution < 1.29 is 14.3 Å². The standard InChI is InChI=1S/C14H14Cl2N2O3/c15-10-4-3-9(8-11(10)16)18-14(20)17-6-5-12(19)13-2-1-7-21-13/h1-4,7-8,12,19H,5-6H2,(H2,17,18,20). The number of anilines is 1. The van der Waals surface area contributed by atoms with Crippen LogP contribution in [0.25, 0.3) is 0 Å². The molecule has 2 aromatic rings. The van der Waals surface area contributed by atoms with Crippen molar-refractivity contribution in [2.45, 2.75) is 12.5 Å². The number of benzene rings is 1. The Morgan fingerprint density at radius 2 is 2.10 bits per heavy atom. The van der Waals surface area contributed by atoms with Gasteiger partial charge in [-0.15, -0.1) is 0 Å². The van der Waals surface area contributed by atoms with Crippen LogP contribution in [0, 0.1) is 0 Å². The Morgan fingerprint density at radius 1 is 1.29 bits per heavy atom. The maximum atomic E-state index is 11.7. The second-order valence-electron chi connectivity index (χ2n) is 4.33. The van der Waals surface area contributed by atoms with Gasteiger partial charge in [0.1, 0.15) is 11.9 Å². The molecule has 2 amide bonds. The number of urea groups is 1. The molecule has 7 heteroatoms. The van der Waals surface area contributed by atoms with E-state index in [2.05, 4.69) is 10.6 Å². The highest BCUT2D eigenvalue weighted by atomic mass is 35.5. The van der Waals surface area contributed by atoms with Gasteiger partial charge in [0, 0.05) is 12.2 Å². The molecule has 0 spiro atoms. The summed E-state index contributed by atoms with van der Waals surface area (Å²) in [5, 5.41) is 15.8. The molecule has 3 N–H and O–H groups in total. The third-order valence-corrected chi connectivity index (χ3v) is 3.49. The van der Waals surface area contributed by atoms with E-state index in [4.69, 9.17) is 27.6 Å². The molecule has 0 aliphatic carbocycles. The molecule has 112 valence electrons. The summed E-state index contributed by atoms with van der Waals surface area (Å²) in [7, 11) is 0. The van der Waals surface area contributed by atoms with E-state index in [1.54, 1.807) is 30.3 Å². The van der Waals surface area contributed by atoms with Crippen molar-refractivity contribution in [3.8, 4) is 0 Å². The predicted octanol–water partition coefficient (Wildman–Crippen LogP) is 3.83. The summed E-state index contributed by atoms with van der Waals surface area (Å²) in [5.74, 6) is 0.474. The van der Waals surface area contributed by atoms with Crippen molar-refractivity contribution >= 4 is 34.9 Å². The van der Waals surface area contributed by atoms with E-state index >= 15 is 0 Å². The largest absolute Gasteiger partial charge is 0.467 e. The van der Waals surface area contributed by atoms with Gasteiger partial charge >= 0.3 is 6.03 Å². The second-order valence-corrected chi connectivity index (χ2v) is 5.14. The molecule has 0 saturated heterocycles. The number of carbonyl (C=O) groups excluding carboxylic acids is 1. The van der Waals surface area contributed by atoms with Crippen molar-refractivity contribution in [2.24, 2.45) is 0 Å². The fraction of sp³-hybridized carbons (Fsp3) is 0.214. The third-order valence-electron chi connectivity index (χ3n) is 2.75. The monoisotopic (exact) mass is 328 g/mol. The summed E-state index contributed by atoms with van der Waals surface area (Å²) < 4.78 is 5.07. The van der Waals surface area contributed by atoms with E-state index in [1.807, 2.05) is 0 Å². The highest BCUT2D eigenvalue weighted by molar-refractivity contribution is 6.42. The number of furan rings is 1. The fourth-order valence-corrected chi connectivity index (χ4v) is 1.99. The lowest BCUT2D eigenvalue weighted by molar-refractivity contribution is 0.140. The first-order chi connectivity index (χ1) is 10.1. The molecule has 0 bridgehead atoms. The Hall–Kier alpha value is -1.69. The Labute approximate surface area is 131 Å². The number of aliphatic hydroxyl groups excluding tert-OH is 1. The van der Waals surface area contributed by atoms with Crippen molar-refractivity contribution in [1.29, 1.82) is 0 Å². The van der Waals surface area contributed by atoms with Gasteiger partial charge in [0.2, 0.25) is 0 Å². The second kappa shape index (κ2) is 7.36. The van der Waals surface area contributed by atoms with Gasteiger partial charge in [-0.05, 0) is 36.8 Å². The molecule has 0 radical (unpaired) electrons. The third kappa shape index (κ3) is 4.67. The van der Waals surface area contributed by atoms with Crippen molar-refractivity contribution in [1.82, 2.24) is 5.32 Å². The van der Waals surface area contributed by atoms with E-state index in [0.717, 1.165) is 0 Å². The highest BCUT2D eigenvalue weighted by Crippen LogP contribution is 2.24. The number of halogens is 2. The lowest BCUT2D eigenvalue weighted by Gasteiger charge is -2.10. The van der Waals surface area contributed by atoms with Crippen LogP contribution in [-0.4, -0.2) is 17.7 Å². The van der Waals surface area contributed by atoms with Gasteiger partial charge in [-0.3, -0.25) is 0 Å². The number of rotatable bonds is 5. The number of hydrogen-bond acceptors (Lipinski definition) is 3. The van der Waals surface area contributed by atoms with Crippen LogP contribution in [0.15, 0.2) is 41.0 Å². The Bertz CT molecular complexity index is 602. The van der Waals surface area contributed by atoms with Crippen LogP contribution in [-0.2, 0) is 0 Å². The SMILES string of the molecule is O=C(NCCC(O)c1ccco1)Nc1ccc(Cl)c(Cl)c1. The van der Waals surface area contributed by atoms with Gasteiger partial charge in [-0.25, -0.2) is 4.79 Å². The van der Waals surface area contributed by atoms with Crippen LogP contribution in [0.3, 0.4) is 0 Å². The maximum Gasteiger partial charge on any atom is 0.319 e. The average Bonchev–Trinajstić information content (AvgIpc) is 2.97. The van der Waals surface area contributed by atoms with E-state index in [-0.39, 0.29) is 6.03 Å². The maximum absolute atomic E-state index is 11.7. The van der Waals surface area contributed by atoms with Gasteiger partial charge in [0.25, 0.3) is 0 Å². The van der Waals surface area contributed by atoms with Gasteiger partial charge < -0.3 is 20.2 Å². The van der Waals surface area contributed by atoms with Gasteiger partial charge in [-0.1, -0.05) is 23.2 Å². The number of aliphatic hydroxyl groups is 1. The zero-order chi connectivity index (χ0) is 15.2. The van der Waals surface area contributed by atoms with Gasteiger partial charge in [0.05, 0.1) is 16.3 Å². The molecule has 1 atom stereocenters. The normalized spacial score (nSPS) is 12.0. The first kappa shape index (κ1) is 15.7. The molecule has 0 aliphatic rings. The quantitative estimate of drug-likeness (QED) is 0.780. The minimum Gasteiger partial charge on any atom is -0.467 e. The minimum atomic E-state index is -0.745. The summed E-state index contributed by atoms with van der Waals surface area (Å²) >= 11 is 11.6. The Kier molecular flexibility index (Phi) is 5.50. The highest BCUT2D eigenvalue weighted by Gasteiger charge is 2.10. The van der Waals surface area contributed by atoms with Crippen LogP contribution in [0.4, 0.5) is 10.5 Å². The van der Waals surface area contributed by atoms with Crippen molar-refractivity contribution in [3.63, 3.8) is 0 Å². The summed E-state index contributed by atoms with van der Waals surface area (Å²) in [6.45, 7) is 0.301. The number of hydrogen-bond donors (Lipinski definition) is 3. The van der Waals surface area contributed by atoms with Gasteiger partial charge in [-0.2, -0.15) is 0 Å². The lowest BCUT2D eigenvalue weighted by atomic mass is 10.2. The Balaban J connectivity index is 1.76. The molecule has 21 heavy (non-hydrogen) atoms. The fourth-order valence-electron chi connectivity index (χ4n) is 1.69. The number of nitrogens with one attached hydrogen (secondary N) is 2. The van der Waals surface area contributed by atoms with Crippen molar-refractivity contribution in [3.05, 3.63) is 52.4 Å². The molecular weight excluding hydrogens is 315 g/mol. The van der Waals surface area contributed by atoms with Crippen LogP contribution < -0.4 is 10.6 Å². The molecule has 1 heterocycles. The lowest BCUT2D eigenvalue weighted by Crippen LogP contribution is -2.30. The van der Waals surface area contributed by atoms with Gasteiger partial charge in [0.15, 0.2) is 0 Å². The van der Waals surface area contributed by atoms with E-state index in [0.29, 0.717) is 34.5 Å². The smallest absolute Gasteiger partial charge is 0.319 e. The van der Waals surface area contributed by atoms with Crippen molar-refractivity contribution in [2.75, 3.05) is 11.9 Å². The van der Waals surface area contributed by atoms with Crippen LogP contribution in [0.5, 0.6) is 0 Å². The zero-order valence-corrected chi connectivity index (χ0v) is 12.5. The number of carbonyl (C=O) groups is 1. The zero-order valence-electron chi connectivity index (χ0n) is 11.0. The molecular formula is C14H14Cl2N2O3. The van der Waals surface area contributed by atoms with E-state index < -0.39 is 6.10 Å². The van der Waals surface area contributed by atoms with E-state index in [9.17, 15) is 9.90 Å². The van der Waals surface area contributed by atoms with Crippen LogP contribution in [0.1, 0.15) is 18.3 Å². The molecule has 1 aromatic carbocycles. The average molecular weight is 329 g/mol. The van der Waals surface area contributed by atoms with Crippen LogP contribution in [0.2, 0.25) is 10.0 Å². The number of amides is 2. The minimum absolute atomic E-state index is 0.301. The van der Waals surface area contributed by atoms with E-state index in [1.165, 1.54) is 6.26 Å². The molecule has 1 unspecified atom stereocenters.